The number of benzene rings is 1. The van der Waals surface area contributed by atoms with Crippen molar-refractivity contribution in [2.75, 3.05) is 12.9 Å². The molecule has 2 aliphatic heterocycles. The first kappa shape index (κ1) is 15.5. The first-order valence-electron chi connectivity index (χ1n) is 7.70. The molecule has 0 bridgehead atoms. The van der Waals surface area contributed by atoms with Crippen LogP contribution in [-0.4, -0.2) is 30.7 Å². The predicted molar refractivity (Wildman–Crippen MR) is 86.4 cm³/mol. The van der Waals surface area contributed by atoms with E-state index in [0.29, 0.717) is 6.61 Å². The molecule has 2 fully saturated rings. The highest BCUT2D eigenvalue weighted by molar-refractivity contribution is 7.98. The van der Waals surface area contributed by atoms with Crippen LogP contribution in [0.3, 0.4) is 0 Å². The number of hydrogen-bond donors (Lipinski definition) is 2. The van der Waals surface area contributed by atoms with Gasteiger partial charge in [-0.2, -0.15) is 10.5 Å². The van der Waals surface area contributed by atoms with Gasteiger partial charge in [0.15, 0.2) is 10.8 Å². The number of nitrogens with zero attached hydrogens (tertiary/aromatic N) is 2. The summed E-state index contributed by atoms with van der Waals surface area (Å²) in [4.78, 5) is 4.08. The first-order valence-corrected chi connectivity index (χ1v) is 8.93. The molecule has 4 rings (SSSR count). The van der Waals surface area contributed by atoms with Gasteiger partial charge in [-0.15, -0.1) is 11.8 Å². The van der Waals surface area contributed by atoms with E-state index in [0.717, 1.165) is 10.5 Å². The first-order chi connectivity index (χ1) is 11.5. The molecule has 5 atom stereocenters. The molecule has 1 saturated carbocycles. The maximum atomic E-state index is 10.1. The molecule has 122 valence electrons. The second-order valence-electron chi connectivity index (χ2n) is 6.44. The third-order valence-corrected chi connectivity index (χ3v) is 6.08. The van der Waals surface area contributed by atoms with Gasteiger partial charge in [0.1, 0.15) is 0 Å². The van der Waals surface area contributed by atoms with Crippen LogP contribution in [0.2, 0.25) is 0 Å². The molecule has 24 heavy (non-hydrogen) atoms. The van der Waals surface area contributed by atoms with Crippen LogP contribution < -0.4 is 10.7 Å². The minimum atomic E-state index is -1.36. The average molecular weight is 341 g/mol. The summed E-state index contributed by atoms with van der Waals surface area (Å²) < 4.78 is 11.8. The van der Waals surface area contributed by atoms with Crippen molar-refractivity contribution in [2.24, 2.45) is 16.6 Å². The summed E-state index contributed by atoms with van der Waals surface area (Å²) in [7, 11) is 0. The number of rotatable bonds is 2. The molecular formula is C17H17N4O2S+. The number of hydrogen-bond acceptors (Lipinski definition) is 6. The van der Waals surface area contributed by atoms with E-state index in [2.05, 4.69) is 17.1 Å². The Bertz CT molecular complexity index is 826. The topological polar surface area (TPSA) is 106 Å². The van der Waals surface area contributed by atoms with E-state index in [1.807, 2.05) is 37.4 Å². The summed E-state index contributed by atoms with van der Waals surface area (Å²) in [6, 6.07) is 12.5. The van der Waals surface area contributed by atoms with Crippen molar-refractivity contribution in [3.8, 4) is 12.1 Å². The highest BCUT2D eigenvalue weighted by Crippen LogP contribution is 2.79. The fourth-order valence-corrected chi connectivity index (χ4v) is 4.67. The van der Waals surface area contributed by atoms with Gasteiger partial charge >= 0.3 is 5.91 Å². The molecule has 1 spiro atoms. The van der Waals surface area contributed by atoms with Gasteiger partial charge in [-0.05, 0) is 30.9 Å². The number of thioether (sulfide) groups is 1. The van der Waals surface area contributed by atoms with Gasteiger partial charge in [0.05, 0.1) is 24.8 Å². The predicted octanol–water partition coefficient (Wildman–Crippen LogP) is 0.0662. The lowest BCUT2D eigenvalue weighted by molar-refractivity contribution is -0.677. The number of amidine groups is 1. The van der Waals surface area contributed by atoms with E-state index in [9.17, 15) is 10.5 Å². The Morgan fingerprint density at radius 1 is 1.29 bits per heavy atom. The summed E-state index contributed by atoms with van der Waals surface area (Å²) in [5.41, 5.74) is 4.74. The van der Waals surface area contributed by atoms with Crippen LogP contribution >= 0.6 is 11.8 Å². The molecule has 0 aromatic heterocycles. The Morgan fingerprint density at radius 2 is 2.00 bits per heavy atom. The van der Waals surface area contributed by atoms with E-state index < -0.39 is 16.7 Å². The maximum Gasteiger partial charge on any atom is 0.343 e. The second-order valence-corrected chi connectivity index (χ2v) is 7.32. The van der Waals surface area contributed by atoms with Crippen molar-refractivity contribution in [1.82, 2.24) is 0 Å². The fourth-order valence-electron chi connectivity index (χ4n) is 4.26. The van der Waals surface area contributed by atoms with Crippen LogP contribution in [-0.2, 0) is 9.47 Å². The lowest BCUT2D eigenvalue weighted by Gasteiger charge is -2.24. The Labute approximate surface area is 144 Å². The van der Waals surface area contributed by atoms with Crippen molar-refractivity contribution < 1.29 is 14.5 Å². The third kappa shape index (κ3) is 1.46. The van der Waals surface area contributed by atoms with Crippen molar-refractivity contribution in [1.29, 1.82) is 10.5 Å². The smallest absolute Gasteiger partial charge is 0.311 e. The minimum absolute atomic E-state index is 0.176. The van der Waals surface area contributed by atoms with Gasteiger partial charge in [-0.3, -0.25) is 5.73 Å². The molecule has 0 unspecified atom stereocenters. The monoisotopic (exact) mass is 341 g/mol. The largest absolute Gasteiger partial charge is 0.343 e. The van der Waals surface area contributed by atoms with Gasteiger partial charge < -0.3 is 9.47 Å². The lowest BCUT2D eigenvalue weighted by Crippen LogP contribution is -2.90. The molecule has 1 aliphatic carbocycles. The number of ether oxygens (including phenoxy) is 2. The zero-order valence-electron chi connectivity index (χ0n) is 13.4. The third-order valence-electron chi connectivity index (χ3n) is 5.34. The molecule has 6 nitrogen and oxygen atoms in total. The zero-order chi connectivity index (χ0) is 17.2. The van der Waals surface area contributed by atoms with E-state index in [1.165, 1.54) is 0 Å². The van der Waals surface area contributed by atoms with Crippen molar-refractivity contribution in [3.05, 3.63) is 29.8 Å². The maximum absolute atomic E-state index is 10.1. The van der Waals surface area contributed by atoms with E-state index in [4.69, 9.17) is 15.2 Å². The van der Waals surface area contributed by atoms with Crippen LogP contribution in [0.1, 0.15) is 18.4 Å². The summed E-state index contributed by atoms with van der Waals surface area (Å²) in [6.45, 7) is 2.22. The van der Waals surface area contributed by atoms with Crippen LogP contribution in [0.15, 0.2) is 29.2 Å². The molecule has 1 aromatic carbocycles. The second kappa shape index (κ2) is 4.73. The van der Waals surface area contributed by atoms with Crippen LogP contribution in [0.4, 0.5) is 0 Å². The highest BCUT2D eigenvalue weighted by Gasteiger charge is 2.97. The minimum Gasteiger partial charge on any atom is -0.311 e. The summed E-state index contributed by atoms with van der Waals surface area (Å²) >= 11 is 1.64. The van der Waals surface area contributed by atoms with Gasteiger partial charge in [0.25, 0.3) is 5.84 Å². The molecule has 1 aromatic rings. The fraction of sp³-hybridized carbons (Fsp3) is 0.471. The van der Waals surface area contributed by atoms with Crippen molar-refractivity contribution in [3.63, 3.8) is 0 Å². The molecule has 7 heteroatoms. The van der Waals surface area contributed by atoms with Crippen LogP contribution in [0, 0.1) is 33.5 Å². The molecular weight excluding hydrogens is 324 g/mol. The zero-order valence-corrected chi connectivity index (χ0v) is 14.2. The van der Waals surface area contributed by atoms with E-state index in [1.54, 1.807) is 11.8 Å². The molecule has 1 saturated heterocycles. The average Bonchev–Trinajstić information content (AvgIpc) is 2.99. The molecule has 2 heterocycles. The van der Waals surface area contributed by atoms with Crippen molar-refractivity contribution >= 4 is 17.6 Å². The molecule has 3 N–H and O–H groups in total. The summed E-state index contributed by atoms with van der Waals surface area (Å²) in [5, 5.41) is 20.0. The number of nitriles is 2. The van der Waals surface area contributed by atoms with Gasteiger partial charge in [0.2, 0.25) is 0 Å². The summed E-state index contributed by atoms with van der Waals surface area (Å²) in [6.07, 6.45) is 1.82. The number of fused-ring (bicyclic) bond motifs is 2. The van der Waals surface area contributed by atoms with E-state index >= 15 is 0 Å². The molecule has 3 aliphatic rings. The Kier molecular flexibility index (Phi) is 3.05. The Morgan fingerprint density at radius 3 is 2.50 bits per heavy atom. The highest BCUT2D eigenvalue weighted by atomic mass is 32.2. The van der Waals surface area contributed by atoms with Crippen LogP contribution in [0.5, 0.6) is 0 Å². The summed E-state index contributed by atoms with van der Waals surface area (Å²) in [5.74, 6) is -1.49. The Hall–Kier alpha value is -2.06. The van der Waals surface area contributed by atoms with Crippen molar-refractivity contribution in [2.45, 2.75) is 29.8 Å². The number of nitrogens with one attached hydrogen (secondary N) is 1. The van der Waals surface area contributed by atoms with Gasteiger partial charge in [-0.25, -0.2) is 4.99 Å². The SMILES string of the molecule is CSc1ccc([C@H]2[C@@]3(C#N)[C@@]4([NH+]=C(N)[C@@]23C#N)OC[C@@H](C)O4)cc1. The lowest BCUT2D eigenvalue weighted by atomic mass is 9.94. The Balaban J connectivity index is 1.87. The van der Waals surface area contributed by atoms with Crippen LogP contribution in [0.25, 0.3) is 0 Å². The standard InChI is InChI=1S/C17H16N4O2S/c1-10-7-22-17(23-10)16(9-19)13(15(16,8-18)14(20)21-17)11-3-5-12(24-2)6-4-11/h3-6,10,13H,7H2,1-2H3,(H2,20,21)/p+1/t10-,13-,15-,16-,17-/m1/s1. The van der Waals surface area contributed by atoms with Gasteiger partial charge in [-0.1, -0.05) is 12.1 Å². The van der Waals surface area contributed by atoms with Gasteiger partial charge in [0, 0.05) is 10.8 Å². The quantitative estimate of drug-likeness (QED) is 0.737. The molecule has 0 radical (unpaired) electrons. The number of nitrogens with two attached hydrogens (primary N) is 1. The molecule has 0 amide bonds. The normalized spacial score (nSPS) is 42.2. The van der Waals surface area contributed by atoms with E-state index in [-0.39, 0.29) is 17.9 Å².